The van der Waals surface area contributed by atoms with Gasteiger partial charge in [-0.25, -0.2) is 8.70 Å². The number of halogens is 1. The number of rotatable bonds is 12. The fraction of sp³-hybridized carbons (Fsp3) is 0.438. The molecule has 0 spiro atoms. The molecule has 14 heteroatoms. The summed E-state index contributed by atoms with van der Waals surface area (Å²) in [5.41, 5.74) is 2.14. The Hall–Kier alpha value is -4.14. The van der Waals surface area contributed by atoms with Crippen molar-refractivity contribution in [1.82, 2.24) is 19.4 Å². The van der Waals surface area contributed by atoms with Crippen molar-refractivity contribution < 1.29 is 33.2 Å². The second-order valence-electron chi connectivity index (χ2n) is 11.7. The molecule has 2 aromatic rings. The molecule has 3 saturated heterocycles. The molecular weight excluding hydrogens is 615 g/mol. The number of Topliss-reactive ketones (excluding diaryl/α,β-unsaturated/α-hetero) is 1. The lowest BCUT2D eigenvalue weighted by Gasteiger charge is -2.38. The second kappa shape index (κ2) is 15.0. The van der Waals surface area contributed by atoms with Gasteiger partial charge in [0, 0.05) is 74.6 Å². The maximum Gasteiger partial charge on any atom is 0.243 e. The summed E-state index contributed by atoms with van der Waals surface area (Å²) >= 11 is 1.47. The number of piperidine rings is 2. The van der Waals surface area contributed by atoms with Crippen LogP contribution in [0.4, 0.5) is 15.8 Å². The quantitative estimate of drug-likeness (QED) is 0.177. The summed E-state index contributed by atoms with van der Waals surface area (Å²) in [6.45, 7) is 1.82. The number of benzene rings is 2. The van der Waals surface area contributed by atoms with Crippen LogP contribution >= 0.6 is 11.9 Å². The summed E-state index contributed by atoms with van der Waals surface area (Å²) < 4.78 is 17.2. The molecule has 244 valence electrons. The summed E-state index contributed by atoms with van der Waals surface area (Å²) in [7, 11) is 1.74. The summed E-state index contributed by atoms with van der Waals surface area (Å²) in [6.07, 6.45) is 2.32. The van der Waals surface area contributed by atoms with E-state index in [4.69, 9.17) is 0 Å². The predicted molar refractivity (Wildman–Crippen MR) is 170 cm³/mol. The molecule has 3 fully saturated rings. The summed E-state index contributed by atoms with van der Waals surface area (Å²) in [4.78, 5) is 76.2. The first-order valence-corrected chi connectivity index (χ1v) is 16.2. The van der Waals surface area contributed by atoms with Crippen molar-refractivity contribution in [2.45, 2.75) is 44.0 Å². The molecule has 3 aliphatic heterocycles. The van der Waals surface area contributed by atoms with Crippen molar-refractivity contribution in [2.75, 3.05) is 50.4 Å². The number of ketones is 1. The van der Waals surface area contributed by atoms with Crippen LogP contribution in [0, 0.1) is 11.7 Å². The number of likely N-dealkylation sites (N-methyl/N-ethyl adjacent to an activating group) is 1. The first-order valence-electron chi connectivity index (χ1n) is 15.2. The highest BCUT2D eigenvalue weighted by Crippen LogP contribution is 2.27. The zero-order chi connectivity index (χ0) is 32.8. The largest absolute Gasteiger partial charge is 0.376 e. The average Bonchev–Trinajstić information content (AvgIpc) is 3.01. The van der Waals surface area contributed by atoms with Gasteiger partial charge in [0.15, 0.2) is 5.82 Å². The van der Waals surface area contributed by atoms with Crippen molar-refractivity contribution in [3.63, 3.8) is 0 Å². The molecule has 12 nitrogen and oxygen atoms in total. The molecule has 3 heterocycles. The SMILES string of the molecule is CN(Cc1c(C=O)cccc1NCC(=O)N1CC(C(=O)Nc2cccc(CSN3CCC(=O)CC3)c2F)C1)C1CCC(=O)NC1=O. The van der Waals surface area contributed by atoms with E-state index in [1.807, 2.05) is 0 Å². The first-order chi connectivity index (χ1) is 22.1. The van der Waals surface area contributed by atoms with E-state index in [2.05, 4.69) is 20.3 Å². The van der Waals surface area contributed by atoms with E-state index in [1.165, 1.54) is 22.9 Å². The number of anilines is 2. The van der Waals surface area contributed by atoms with Crippen molar-refractivity contribution in [2.24, 2.45) is 5.92 Å². The van der Waals surface area contributed by atoms with Crippen molar-refractivity contribution in [3.8, 4) is 0 Å². The lowest BCUT2D eigenvalue weighted by Crippen LogP contribution is -2.55. The highest BCUT2D eigenvalue weighted by Gasteiger charge is 2.36. The van der Waals surface area contributed by atoms with E-state index in [0.717, 1.165) is 0 Å². The Morgan fingerprint density at radius 1 is 1.07 bits per heavy atom. The number of carbonyl (C=O) groups is 6. The van der Waals surface area contributed by atoms with Crippen molar-refractivity contribution in [3.05, 3.63) is 58.9 Å². The number of nitrogens with one attached hydrogen (secondary N) is 3. The minimum absolute atomic E-state index is 0.0781. The Kier molecular flexibility index (Phi) is 10.8. The Morgan fingerprint density at radius 3 is 2.50 bits per heavy atom. The lowest BCUT2D eigenvalue weighted by atomic mass is 9.98. The van der Waals surface area contributed by atoms with Crippen LogP contribution in [0.3, 0.4) is 0 Å². The molecule has 1 unspecified atom stereocenters. The van der Waals surface area contributed by atoms with Crippen LogP contribution in [-0.4, -0.2) is 95.6 Å². The van der Waals surface area contributed by atoms with Crippen LogP contribution in [0.5, 0.6) is 0 Å². The standard InChI is InChI=1S/C32H37FN6O6S/c1-37(27-8-9-28(42)36-32(27)45)17-24-20(18-40)4-2-6-25(24)34-14-29(43)38-15-22(16-38)31(44)35-26-7-3-5-21(30(26)33)19-46-39-12-10-23(41)11-13-39/h2-7,18,22,27,34H,8-17,19H2,1H3,(H,35,44)(H,36,42,45). The zero-order valence-corrected chi connectivity index (χ0v) is 26.4. The maximum atomic E-state index is 15.2. The molecule has 4 amide bonds. The monoisotopic (exact) mass is 652 g/mol. The number of nitrogens with zero attached hydrogens (tertiary/aromatic N) is 3. The lowest BCUT2D eigenvalue weighted by molar-refractivity contribution is -0.140. The van der Waals surface area contributed by atoms with Crippen LogP contribution < -0.4 is 16.0 Å². The van der Waals surface area contributed by atoms with E-state index in [0.29, 0.717) is 66.8 Å². The maximum absolute atomic E-state index is 15.2. The molecule has 1 atom stereocenters. The number of hydrogen-bond acceptors (Lipinski definition) is 10. The van der Waals surface area contributed by atoms with E-state index in [9.17, 15) is 28.8 Å². The zero-order valence-electron chi connectivity index (χ0n) is 25.6. The van der Waals surface area contributed by atoms with Gasteiger partial charge < -0.3 is 15.5 Å². The molecule has 0 bridgehead atoms. The van der Waals surface area contributed by atoms with E-state index in [-0.39, 0.29) is 67.7 Å². The van der Waals surface area contributed by atoms with Crippen LogP contribution in [-0.2, 0) is 36.3 Å². The highest BCUT2D eigenvalue weighted by atomic mass is 32.2. The topological polar surface area (TPSA) is 148 Å². The van der Waals surface area contributed by atoms with Crippen LogP contribution in [0.15, 0.2) is 36.4 Å². The van der Waals surface area contributed by atoms with Gasteiger partial charge in [-0.05, 0) is 31.2 Å². The minimum atomic E-state index is -0.529. The molecular formula is C32H37FN6O6S. The van der Waals surface area contributed by atoms with Crippen LogP contribution in [0.2, 0.25) is 0 Å². The summed E-state index contributed by atoms with van der Waals surface area (Å²) in [5, 5.41) is 8.10. The molecule has 3 aliphatic rings. The Labute approximate surface area is 270 Å². The molecule has 0 saturated carbocycles. The van der Waals surface area contributed by atoms with Crippen LogP contribution in [0.1, 0.15) is 47.2 Å². The minimum Gasteiger partial charge on any atom is -0.376 e. The van der Waals surface area contributed by atoms with Gasteiger partial charge in [0.1, 0.15) is 12.1 Å². The third-order valence-corrected chi connectivity index (χ3v) is 9.71. The average molecular weight is 653 g/mol. The third-order valence-electron chi connectivity index (χ3n) is 8.54. The Bertz CT molecular complexity index is 1520. The predicted octanol–water partition coefficient (Wildman–Crippen LogP) is 2.20. The number of hydrogen-bond donors (Lipinski definition) is 3. The van der Waals surface area contributed by atoms with Gasteiger partial charge in [-0.1, -0.05) is 36.2 Å². The molecule has 0 radical (unpaired) electrons. The number of carbonyl (C=O) groups excluding carboxylic acids is 6. The van der Waals surface area contributed by atoms with Crippen molar-refractivity contribution in [1.29, 1.82) is 0 Å². The van der Waals surface area contributed by atoms with Gasteiger partial charge in [-0.3, -0.25) is 39.0 Å². The fourth-order valence-electron chi connectivity index (χ4n) is 5.70. The van der Waals surface area contributed by atoms with E-state index in [1.54, 1.807) is 42.3 Å². The Balaban J connectivity index is 1.11. The highest BCUT2D eigenvalue weighted by molar-refractivity contribution is 7.96. The van der Waals surface area contributed by atoms with Gasteiger partial charge >= 0.3 is 0 Å². The number of amides is 4. The van der Waals surface area contributed by atoms with Gasteiger partial charge in [0.2, 0.25) is 23.6 Å². The number of imide groups is 1. The third kappa shape index (κ3) is 7.98. The number of likely N-dealkylation sites (tertiary alicyclic amines) is 1. The van der Waals surface area contributed by atoms with E-state index < -0.39 is 17.8 Å². The van der Waals surface area contributed by atoms with Crippen LogP contribution in [0.25, 0.3) is 0 Å². The Morgan fingerprint density at radius 2 is 1.78 bits per heavy atom. The molecule has 2 aromatic carbocycles. The molecule has 0 aliphatic carbocycles. The van der Waals surface area contributed by atoms with Gasteiger partial charge in [-0.15, -0.1) is 0 Å². The molecule has 3 N–H and O–H groups in total. The molecule has 5 rings (SSSR count). The smallest absolute Gasteiger partial charge is 0.243 e. The summed E-state index contributed by atoms with van der Waals surface area (Å²) in [5.74, 6) is -1.66. The fourth-order valence-corrected chi connectivity index (χ4v) is 6.68. The normalized spacial score (nSPS) is 19.1. The summed E-state index contributed by atoms with van der Waals surface area (Å²) in [6, 6.07) is 9.43. The van der Waals surface area contributed by atoms with Crippen molar-refractivity contribution >= 4 is 59.0 Å². The second-order valence-corrected chi connectivity index (χ2v) is 12.8. The first kappa shape index (κ1) is 33.2. The van der Waals surface area contributed by atoms with E-state index >= 15 is 4.39 Å². The number of aldehydes is 1. The van der Waals surface area contributed by atoms with Gasteiger partial charge in [0.25, 0.3) is 0 Å². The molecule has 46 heavy (non-hydrogen) atoms. The molecule has 0 aromatic heterocycles. The van der Waals surface area contributed by atoms with Gasteiger partial charge in [-0.2, -0.15) is 0 Å². The van der Waals surface area contributed by atoms with Gasteiger partial charge in [0.05, 0.1) is 24.2 Å².